The summed E-state index contributed by atoms with van der Waals surface area (Å²) in [6.45, 7) is 5.12. The molecular weight excluding hydrogens is 129 g/mol. The van der Waals surface area contributed by atoms with E-state index in [1.807, 2.05) is 0 Å². The lowest BCUT2D eigenvalue weighted by molar-refractivity contribution is 0.197. The quantitative estimate of drug-likeness (QED) is 0.592. The first-order valence-electron chi connectivity index (χ1n) is 4.07. The number of hydrogen-bond acceptors (Lipinski definition) is 1. The molecule has 0 aromatic carbocycles. The Morgan fingerprint density at radius 2 is 2.20 bits per heavy atom. The van der Waals surface area contributed by atoms with E-state index in [1.54, 1.807) is 0 Å². The smallest absolute Gasteiger partial charge is 0.103 e. The monoisotopic (exact) mass is 145 g/mol. The normalized spacial score (nSPS) is 34.8. The van der Waals surface area contributed by atoms with Crippen molar-refractivity contribution in [1.29, 1.82) is 0 Å². The van der Waals surface area contributed by atoms with Gasteiger partial charge in [-0.05, 0) is 25.3 Å². The van der Waals surface area contributed by atoms with E-state index in [4.69, 9.17) is 0 Å². The van der Waals surface area contributed by atoms with Crippen LogP contribution < -0.4 is 5.32 Å². The molecular formula is C8H16FN. The van der Waals surface area contributed by atoms with Crippen LogP contribution >= 0.6 is 0 Å². The highest BCUT2D eigenvalue weighted by Gasteiger charge is 2.22. The zero-order chi connectivity index (χ0) is 7.56. The molecule has 1 fully saturated rings. The maximum absolute atomic E-state index is 12.8. The number of nitrogens with one attached hydrogen (secondary N) is 1. The van der Waals surface area contributed by atoms with Gasteiger partial charge in [0.1, 0.15) is 6.17 Å². The van der Waals surface area contributed by atoms with Gasteiger partial charge in [-0.25, -0.2) is 4.39 Å². The van der Waals surface area contributed by atoms with Crippen LogP contribution in [0, 0.1) is 5.92 Å². The van der Waals surface area contributed by atoms with E-state index in [2.05, 4.69) is 19.2 Å². The van der Waals surface area contributed by atoms with Crippen LogP contribution in [0.3, 0.4) is 0 Å². The molecule has 1 rings (SSSR count). The molecule has 0 radical (unpaired) electrons. The van der Waals surface area contributed by atoms with Crippen molar-refractivity contribution in [3.8, 4) is 0 Å². The Bertz CT molecular complexity index is 103. The molecule has 1 aliphatic heterocycles. The summed E-state index contributed by atoms with van der Waals surface area (Å²) in [7, 11) is 0. The molecule has 0 aliphatic carbocycles. The van der Waals surface area contributed by atoms with E-state index in [9.17, 15) is 4.39 Å². The Kier molecular flexibility index (Phi) is 2.66. The minimum Gasteiger partial charge on any atom is -0.314 e. The second kappa shape index (κ2) is 3.33. The third-order valence-corrected chi connectivity index (χ3v) is 2.18. The Labute approximate surface area is 62.0 Å². The van der Waals surface area contributed by atoms with Crippen LogP contribution in [0.4, 0.5) is 4.39 Å². The summed E-state index contributed by atoms with van der Waals surface area (Å²) in [6, 6.07) is 0.406. The second-order valence-electron chi connectivity index (χ2n) is 3.43. The molecule has 2 heteroatoms. The summed E-state index contributed by atoms with van der Waals surface area (Å²) in [4.78, 5) is 0. The maximum atomic E-state index is 12.8. The van der Waals surface area contributed by atoms with Gasteiger partial charge in [0.05, 0.1) is 0 Å². The third kappa shape index (κ3) is 1.94. The molecule has 1 nitrogen and oxygen atoms in total. The predicted octanol–water partition coefficient (Wildman–Crippen LogP) is 1.73. The summed E-state index contributed by atoms with van der Waals surface area (Å²) >= 11 is 0. The highest BCUT2D eigenvalue weighted by molar-refractivity contribution is 4.79. The molecule has 1 N–H and O–H groups in total. The van der Waals surface area contributed by atoms with Gasteiger partial charge >= 0.3 is 0 Å². The topological polar surface area (TPSA) is 12.0 Å². The first-order chi connectivity index (χ1) is 4.70. The summed E-state index contributed by atoms with van der Waals surface area (Å²) in [5, 5.41) is 3.31. The highest BCUT2D eigenvalue weighted by Crippen LogP contribution is 2.17. The van der Waals surface area contributed by atoms with Gasteiger partial charge in [-0.15, -0.1) is 0 Å². The maximum Gasteiger partial charge on any atom is 0.103 e. The Morgan fingerprint density at radius 3 is 2.60 bits per heavy atom. The van der Waals surface area contributed by atoms with Crippen molar-refractivity contribution in [3.63, 3.8) is 0 Å². The van der Waals surface area contributed by atoms with Crippen molar-refractivity contribution >= 4 is 0 Å². The van der Waals surface area contributed by atoms with Crippen molar-refractivity contribution in [3.05, 3.63) is 0 Å². The van der Waals surface area contributed by atoms with Crippen LogP contribution in [-0.2, 0) is 0 Å². The molecule has 60 valence electrons. The molecule has 0 amide bonds. The molecule has 2 atom stereocenters. The van der Waals surface area contributed by atoms with Crippen molar-refractivity contribution in [1.82, 2.24) is 5.32 Å². The van der Waals surface area contributed by atoms with Crippen LogP contribution in [0.15, 0.2) is 0 Å². The predicted molar refractivity (Wildman–Crippen MR) is 40.8 cm³/mol. The number of alkyl halides is 1. The minimum atomic E-state index is -0.561. The fraction of sp³-hybridized carbons (Fsp3) is 1.00. The van der Waals surface area contributed by atoms with Crippen LogP contribution in [0.25, 0.3) is 0 Å². The van der Waals surface area contributed by atoms with Crippen LogP contribution in [0.1, 0.15) is 26.7 Å². The summed E-state index contributed by atoms with van der Waals surface area (Å²) in [5.74, 6) is 0.568. The van der Waals surface area contributed by atoms with Crippen LogP contribution in [0.5, 0.6) is 0 Å². The van der Waals surface area contributed by atoms with Gasteiger partial charge < -0.3 is 5.32 Å². The largest absolute Gasteiger partial charge is 0.314 e. The van der Waals surface area contributed by atoms with Gasteiger partial charge in [0.15, 0.2) is 0 Å². The Balaban J connectivity index is 2.32. The first-order valence-corrected chi connectivity index (χ1v) is 4.07. The van der Waals surface area contributed by atoms with E-state index in [1.165, 1.54) is 0 Å². The van der Waals surface area contributed by atoms with Gasteiger partial charge in [-0.2, -0.15) is 0 Å². The molecule has 0 aromatic rings. The van der Waals surface area contributed by atoms with E-state index in [0.717, 1.165) is 6.54 Å². The summed E-state index contributed by atoms with van der Waals surface area (Å²) in [5.41, 5.74) is 0. The number of rotatable bonds is 1. The molecule has 1 saturated heterocycles. The fourth-order valence-corrected chi connectivity index (χ4v) is 1.41. The second-order valence-corrected chi connectivity index (χ2v) is 3.43. The fourth-order valence-electron chi connectivity index (χ4n) is 1.41. The minimum absolute atomic E-state index is 0.406. The number of halogens is 1. The van der Waals surface area contributed by atoms with Gasteiger partial charge in [0.2, 0.25) is 0 Å². The van der Waals surface area contributed by atoms with E-state index in [-0.39, 0.29) is 0 Å². The van der Waals surface area contributed by atoms with E-state index in [0.29, 0.717) is 24.8 Å². The van der Waals surface area contributed by atoms with Crippen LogP contribution in [0.2, 0.25) is 0 Å². The molecule has 1 heterocycles. The highest BCUT2D eigenvalue weighted by atomic mass is 19.1. The third-order valence-electron chi connectivity index (χ3n) is 2.18. The molecule has 0 bridgehead atoms. The van der Waals surface area contributed by atoms with Crippen molar-refractivity contribution in [2.75, 3.05) is 6.54 Å². The van der Waals surface area contributed by atoms with Gasteiger partial charge in [0, 0.05) is 6.04 Å². The van der Waals surface area contributed by atoms with E-state index >= 15 is 0 Å². The van der Waals surface area contributed by atoms with Crippen molar-refractivity contribution in [2.24, 2.45) is 5.92 Å². The molecule has 10 heavy (non-hydrogen) atoms. The van der Waals surface area contributed by atoms with E-state index < -0.39 is 6.17 Å². The molecule has 0 saturated carbocycles. The van der Waals surface area contributed by atoms with Gasteiger partial charge in [-0.3, -0.25) is 0 Å². The average Bonchev–Trinajstić information content (AvgIpc) is 1.88. The zero-order valence-corrected chi connectivity index (χ0v) is 6.73. The average molecular weight is 145 g/mol. The van der Waals surface area contributed by atoms with Gasteiger partial charge in [-0.1, -0.05) is 13.8 Å². The lowest BCUT2D eigenvalue weighted by Crippen LogP contribution is -2.42. The summed E-state index contributed by atoms with van der Waals surface area (Å²) < 4.78 is 12.8. The first kappa shape index (κ1) is 7.99. The molecule has 1 aliphatic rings. The lowest BCUT2D eigenvalue weighted by atomic mass is 9.94. The molecule has 0 spiro atoms. The standard InChI is InChI=1S/C8H16FN/c1-6(2)8-5-7(9)3-4-10-8/h6-8,10H,3-5H2,1-2H3/t7-,8?/m0/s1. The number of hydrogen-bond donors (Lipinski definition) is 1. The SMILES string of the molecule is CC(C)C1C[C@@H](F)CCN1. The molecule has 0 aromatic heterocycles. The van der Waals surface area contributed by atoms with Gasteiger partial charge in [0.25, 0.3) is 0 Å². The zero-order valence-electron chi connectivity index (χ0n) is 6.73. The summed E-state index contributed by atoms with van der Waals surface area (Å²) in [6.07, 6.45) is 0.842. The number of piperidine rings is 1. The Morgan fingerprint density at radius 1 is 1.50 bits per heavy atom. The lowest BCUT2D eigenvalue weighted by Gasteiger charge is -2.28. The van der Waals surface area contributed by atoms with Crippen molar-refractivity contribution in [2.45, 2.75) is 38.9 Å². The molecule has 1 unspecified atom stereocenters. The Hall–Kier alpha value is -0.110. The van der Waals surface area contributed by atoms with Crippen LogP contribution in [-0.4, -0.2) is 18.8 Å². The van der Waals surface area contributed by atoms with Crippen molar-refractivity contribution < 1.29 is 4.39 Å².